The first-order valence-corrected chi connectivity index (χ1v) is 7.52. The van der Waals surface area contributed by atoms with Gasteiger partial charge in [-0.2, -0.15) is 0 Å². The third kappa shape index (κ3) is 4.30. The number of rotatable bonds is 4. The molecule has 1 aliphatic heterocycles. The van der Waals surface area contributed by atoms with Crippen molar-refractivity contribution in [1.29, 1.82) is 0 Å². The van der Waals surface area contributed by atoms with Crippen molar-refractivity contribution >= 4 is 35.4 Å². The Morgan fingerprint density at radius 3 is 1.87 bits per heavy atom. The summed E-state index contributed by atoms with van der Waals surface area (Å²) in [5.41, 5.74) is 5.10. The maximum Gasteiger partial charge on any atom is 0.166 e. The van der Waals surface area contributed by atoms with Crippen LogP contribution in [-0.2, 0) is 0 Å². The van der Waals surface area contributed by atoms with E-state index in [4.69, 9.17) is 0 Å². The maximum absolute atomic E-state index is 4.42. The van der Waals surface area contributed by atoms with E-state index in [-0.39, 0.29) is 0 Å². The molecule has 0 N–H and O–H groups in total. The zero-order valence-electron chi connectivity index (χ0n) is 13.3. The van der Waals surface area contributed by atoms with Crippen LogP contribution in [0.1, 0.15) is 11.1 Å². The Balaban J connectivity index is 1.63. The molecular formula is C19H18N4. The average molecular weight is 302 g/mol. The van der Waals surface area contributed by atoms with Crippen LogP contribution < -0.4 is 0 Å². The summed E-state index contributed by atoms with van der Waals surface area (Å²) in [7, 11) is 0. The Hall–Kier alpha value is -2.88. The predicted octanol–water partition coefficient (Wildman–Crippen LogP) is 4.26. The second-order valence-corrected chi connectivity index (χ2v) is 5.47. The highest BCUT2D eigenvalue weighted by atomic mass is 15.0. The van der Waals surface area contributed by atoms with Gasteiger partial charge in [-0.15, -0.1) is 0 Å². The zero-order chi connectivity index (χ0) is 16.1. The molecule has 2 aromatic rings. The van der Waals surface area contributed by atoms with Crippen molar-refractivity contribution < 1.29 is 0 Å². The Morgan fingerprint density at radius 2 is 1.30 bits per heavy atom. The topological polar surface area (TPSA) is 49.4 Å². The van der Waals surface area contributed by atoms with Gasteiger partial charge in [0, 0.05) is 0 Å². The van der Waals surface area contributed by atoms with Gasteiger partial charge in [-0.3, -0.25) is 15.0 Å². The fourth-order valence-corrected chi connectivity index (χ4v) is 2.06. The van der Waals surface area contributed by atoms with Gasteiger partial charge in [-0.05, 0) is 38.1 Å². The van der Waals surface area contributed by atoms with Gasteiger partial charge >= 0.3 is 0 Å². The SMILES string of the molecule is Cc1ccc(/N=C/C2=NC(/C=N/c3ccc(C)cc3)=NC2)cc1. The first-order chi connectivity index (χ1) is 11.2. The van der Waals surface area contributed by atoms with Crippen molar-refractivity contribution in [3.8, 4) is 0 Å². The first kappa shape index (κ1) is 15.0. The molecule has 0 spiro atoms. The fraction of sp³-hybridized carbons (Fsp3) is 0.158. The van der Waals surface area contributed by atoms with Crippen molar-refractivity contribution in [2.24, 2.45) is 20.0 Å². The molecule has 0 aliphatic carbocycles. The van der Waals surface area contributed by atoms with E-state index >= 15 is 0 Å². The highest BCUT2D eigenvalue weighted by molar-refractivity contribution is 6.43. The van der Waals surface area contributed by atoms with Gasteiger partial charge in [0.05, 0.1) is 36.1 Å². The molecule has 0 aromatic heterocycles. The molecule has 4 nitrogen and oxygen atoms in total. The summed E-state index contributed by atoms with van der Waals surface area (Å²) in [6.45, 7) is 4.66. The molecule has 0 bridgehead atoms. The monoisotopic (exact) mass is 302 g/mol. The summed E-state index contributed by atoms with van der Waals surface area (Å²) in [6, 6.07) is 16.1. The lowest BCUT2D eigenvalue weighted by Gasteiger charge is -1.94. The van der Waals surface area contributed by atoms with E-state index in [0.29, 0.717) is 12.4 Å². The molecule has 0 unspecified atom stereocenters. The van der Waals surface area contributed by atoms with Gasteiger partial charge in [0.2, 0.25) is 0 Å². The maximum atomic E-state index is 4.42. The van der Waals surface area contributed by atoms with Gasteiger partial charge < -0.3 is 0 Å². The quantitative estimate of drug-likeness (QED) is 0.758. The van der Waals surface area contributed by atoms with Crippen LogP contribution in [0.3, 0.4) is 0 Å². The second-order valence-electron chi connectivity index (χ2n) is 5.47. The van der Waals surface area contributed by atoms with Crippen molar-refractivity contribution in [1.82, 2.24) is 0 Å². The molecular weight excluding hydrogens is 284 g/mol. The molecule has 114 valence electrons. The molecule has 0 amide bonds. The largest absolute Gasteiger partial charge is 0.259 e. The van der Waals surface area contributed by atoms with Crippen LogP contribution in [0, 0.1) is 13.8 Å². The van der Waals surface area contributed by atoms with Crippen LogP contribution in [0.2, 0.25) is 0 Å². The molecule has 3 rings (SSSR count). The molecule has 1 heterocycles. The van der Waals surface area contributed by atoms with Crippen molar-refractivity contribution in [2.75, 3.05) is 6.54 Å². The summed E-state index contributed by atoms with van der Waals surface area (Å²) in [5, 5.41) is 0. The molecule has 0 radical (unpaired) electrons. The van der Waals surface area contributed by atoms with Crippen LogP contribution in [0.25, 0.3) is 0 Å². The molecule has 0 atom stereocenters. The molecule has 4 heteroatoms. The standard InChI is InChI=1S/C19H18N4/c1-14-3-7-16(8-4-14)20-11-18-12-22-19(23-18)13-21-17-9-5-15(2)6-10-17/h3-11,13H,12H2,1-2H3/b20-11+,21-13+. The number of hydrogen-bond acceptors (Lipinski definition) is 4. The number of aryl methyl sites for hydroxylation is 2. The molecule has 0 saturated carbocycles. The van der Waals surface area contributed by atoms with Gasteiger partial charge in [-0.1, -0.05) is 35.4 Å². The number of hydrogen-bond donors (Lipinski definition) is 0. The minimum Gasteiger partial charge on any atom is -0.259 e. The van der Waals surface area contributed by atoms with Crippen LogP contribution >= 0.6 is 0 Å². The number of nitrogens with zero attached hydrogens (tertiary/aromatic N) is 4. The van der Waals surface area contributed by atoms with Crippen molar-refractivity contribution in [3.63, 3.8) is 0 Å². The summed E-state index contributed by atoms with van der Waals surface area (Å²) in [5.74, 6) is 0.635. The Labute approximate surface area is 136 Å². The van der Waals surface area contributed by atoms with Crippen LogP contribution in [0.15, 0.2) is 68.5 Å². The number of benzene rings is 2. The molecule has 0 fully saturated rings. The molecule has 1 aliphatic rings. The zero-order valence-corrected chi connectivity index (χ0v) is 13.3. The van der Waals surface area contributed by atoms with Gasteiger partial charge in [0.15, 0.2) is 5.84 Å². The van der Waals surface area contributed by atoms with Gasteiger partial charge in [0.25, 0.3) is 0 Å². The summed E-state index contributed by atoms with van der Waals surface area (Å²) in [6.07, 6.45) is 3.46. The van der Waals surface area contributed by atoms with E-state index in [1.807, 2.05) is 48.5 Å². The number of aliphatic imine (C=N–C) groups is 4. The Morgan fingerprint density at radius 1 is 0.783 bits per heavy atom. The number of amidine groups is 1. The molecule has 2 aromatic carbocycles. The van der Waals surface area contributed by atoms with E-state index in [2.05, 4.69) is 33.8 Å². The molecule has 0 saturated heterocycles. The average Bonchev–Trinajstić information content (AvgIpc) is 3.02. The van der Waals surface area contributed by atoms with Crippen LogP contribution in [-0.4, -0.2) is 30.5 Å². The third-order valence-corrected chi connectivity index (χ3v) is 3.42. The van der Waals surface area contributed by atoms with Crippen molar-refractivity contribution in [2.45, 2.75) is 13.8 Å². The predicted molar refractivity (Wildman–Crippen MR) is 98.4 cm³/mol. The van der Waals surface area contributed by atoms with E-state index in [1.165, 1.54) is 11.1 Å². The van der Waals surface area contributed by atoms with Gasteiger partial charge in [0.1, 0.15) is 0 Å². The normalized spacial score (nSPS) is 14.5. The Bertz CT molecular complexity index is 794. The van der Waals surface area contributed by atoms with Crippen LogP contribution in [0.4, 0.5) is 11.4 Å². The Kier molecular flexibility index (Phi) is 4.52. The lowest BCUT2D eigenvalue weighted by atomic mass is 10.2. The second kappa shape index (κ2) is 6.92. The minimum atomic E-state index is 0.546. The highest BCUT2D eigenvalue weighted by Gasteiger charge is 2.06. The van der Waals surface area contributed by atoms with E-state index < -0.39 is 0 Å². The lowest BCUT2D eigenvalue weighted by Crippen LogP contribution is -2.00. The van der Waals surface area contributed by atoms with E-state index in [9.17, 15) is 0 Å². The fourth-order valence-electron chi connectivity index (χ4n) is 2.06. The van der Waals surface area contributed by atoms with Crippen LogP contribution in [0.5, 0.6) is 0 Å². The summed E-state index contributed by atoms with van der Waals surface area (Å²) in [4.78, 5) is 17.6. The van der Waals surface area contributed by atoms with Crippen molar-refractivity contribution in [3.05, 3.63) is 59.7 Å². The minimum absolute atomic E-state index is 0.546. The highest BCUT2D eigenvalue weighted by Crippen LogP contribution is 2.13. The lowest BCUT2D eigenvalue weighted by molar-refractivity contribution is 1.36. The first-order valence-electron chi connectivity index (χ1n) is 7.52. The third-order valence-electron chi connectivity index (χ3n) is 3.42. The summed E-state index contributed by atoms with van der Waals surface area (Å²) >= 11 is 0. The molecule has 23 heavy (non-hydrogen) atoms. The van der Waals surface area contributed by atoms with E-state index in [0.717, 1.165) is 17.1 Å². The smallest absolute Gasteiger partial charge is 0.166 e. The summed E-state index contributed by atoms with van der Waals surface area (Å²) < 4.78 is 0. The van der Waals surface area contributed by atoms with E-state index in [1.54, 1.807) is 12.4 Å². The van der Waals surface area contributed by atoms with Gasteiger partial charge in [-0.25, -0.2) is 4.99 Å².